The van der Waals surface area contributed by atoms with Gasteiger partial charge in [-0.1, -0.05) is 30.3 Å². The van der Waals surface area contributed by atoms with Crippen molar-refractivity contribution in [2.45, 2.75) is 38.8 Å². The van der Waals surface area contributed by atoms with Crippen molar-refractivity contribution in [3.8, 4) is 17.0 Å². The van der Waals surface area contributed by atoms with Crippen LogP contribution in [0.4, 0.5) is 26.3 Å². The smallest absolute Gasteiger partial charge is 0.416 e. The van der Waals surface area contributed by atoms with Crippen LogP contribution in [0.3, 0.4) is 0 Å². The molecule has 0 bridgehead atoms. The van der Waals surface area contributed by atoms with Gasteiger partial charge >= 0.3 is 18.3 Å². The Bertz CT molecular complexity index is 1340. The largest absolute Gasteiger partial charge is 0.477 e. The second kappa shape index (κ2) is 11.0. The number of fused-ring (bicyclic) bond motifs is 1. The number of pyridine rings is 1. The highest BCUT2D eigenvalue weighted by atomic mass is 19.4. The van der Waals surface area contributed by atoms with Crippen LogP contribution in [0.5, 0.6) is 5.88 Å². The van der Waals surface area contributed by atoms with Gasteiger partial charge < -0.3 is 14.4 Å². The van der Waals surface area contributed by atoms with Crippen molar-refractivity contribution in [1.29, 1.82) is 0 Å². The molecular formula is C27H22F6N2O4. The minimum Gasteiger partial charge on any atom is -0.477 e. The highest BCUT2D eigenvalue weighted by molar-refractivity contribution is 6.03. The maximum Gasteiger partial charge on any atom is 0.416 e. The van der Waals surface area contributed by atoms with Gasteiger partial charge in [-0.2, -0.15) is 26.3 Å². The van der Waals surface area contributed by atoms with Gasteiger partial charge in [-0.25, -0.2) is 4.98 Å². The van der Waals surface area contributed by atoms with E-state index in [0.717, 1.165) is 0 Å². The van der Waals surface area contributed by atoms with Crippen molar-refractivity contribution in [2.24, 2.45) is 0 Å². The van der Waals surface area contributed by atoms with Crippen LogP contribution in [-0.2, 0) is 35.0 Å². The molecule has 0 fully saturated rings. The Morgan fingerprint density at radius 1 is 1.00 bits per heavy atom. The molecule has 12 heteroatoms. The van der Waals surface area contributed by atoms with E-state index in [1.807, 2.05) is 0 Å². The Kier molecular flexibility index (Phi) is 7.84. The van der Waals surface area contributed by atoms with E-state index in [1.54, 1.807) is 30.3 Å². The lowest BCUT2D eigenvalue weighted by molar-refractivity contribution is -0.144. The molecule has 2 heterocycles. The van der Waals surface area contributed by atoms with E-state index < -0.39 is 41.9 Å². The van der Waals surface area contributed by atoms with Crippen LogP contribution < -0.4 is 4.74 Å². The average Bonchev–Trinajstić information content (AvgIpc) is 2.87. The first-order valence-corrected chi connectivity index (χ1v) is 11.8. The number of carbonyl (C=O) groups is 2. The zero-order valence-electron chi connectivity index (χ0n) is 20.5. The molecular weight excluding hydrogens is 530 g/mol. The summed E-state index contributed by atoms with van der Waals surface area (Å²) in [4.78, 5) is 30.6. The zero-order chi connectivity index (χ0) is 28.4. The molecule has 1 aliphatic rings. The number of hydrogen-bond acceptors (Lipinski definition) is 5. The van der Waals surface area contributed by atoms with Crippen LogP contribution in [0.1, 0.15) is 46.1 Å². The predicted octanol–water partition coefficient (Wildman–Crippen LogP) is 6.27. The van der Waals surface area contributed by atoms with E-state index in [4.69, 9.17) is 9.47 Å². The molecule has 206 valence electrons. The number of amides is 1. The topological polar surface area (TPSA) is 68.7 Å². The first-order valence-electron chi connectivity index (χ1n) is 11.8. The van der Waals surface area contributed by atoms with Gasteiger partial charge in [-0.05, 0) is 41.8 Å². The Balaban J connectivity index is 1.79. The molecule has 0 N–H and O–H groups in total. The third-order valence-electron chi connectivity index (χ3n) is 5.88. The molecule has 0 aliphatic carbocycles. The fourth-order valence-electron chi connectivity index (χ4n) is 4.14. The van der Waals surface area contributed by atoms with Crippen LogP contribution >= 0.6 is 0 Å². The summed E-state index contributed by atoms with van der Waals surface area (Å²) < 4.78 is 91.1. The summed E-state index contributed by atoms with van der Waals surface area (Å²) in [5, 5.41) is 0. The highest BCUT2D eigenvalue weighted by Crippen LogP contribution is 2.37. The van der Waals surface area contributed by atoms with Gasteiger partial charge in [-0.15, -0.1) is 0 Å². The van der Waals surface area contributed by atoms with Crippen molar-refractivity contribution in [1.82, 2.24) is 9.88 Å². The molecule has 4 rings (SSSR count). The lowest BCUT2D eigenvalue weighted by Gasteiger charge is -2.28. The number of aromatic nitrogens is 1. The fraction of sp³-hybridized carbons (Fsp3) is 0.296. The quantitative estimate of drug-likeness (QED) is 0.276. The summed E-state index contributed by atoms with van der Waals surface area (Å²) in [5.41, 5.74) is -2.02. The van der Waals surface area contributed by atoms with E-state index in [2.05, 4.69) is 4.98 Å². The third-order valence-corrected chi connectivity index (χ3v) is 5.88. The standard InChI is InChI=1S/C27H22F6N2O4/c1-16(36)39-15-21-13-22(18-6-3-2-4-7-18)23-24(34-21)38-9-5-8-35(25(23)37)14-17-10-19(26(28,29)30)12-20(11-17)27(31,32)33/h2-4,6-7,10-13H,5,8-9,14-15H2,1H3. The maximum atomic E-state index is 13.8. The average molecular weight is 552 g/mol. The fourth-order valence-corrected chi connectivity index (χ4v) is 4.14. The van der Waals surface area contributed by atoms with Crippen LogP contribution in [0.2, 0.25) is 0 Å². The third kappa shape index (κ3) is 6.68. The van der Waals surface area contributed by atoms with Gasteiger partial charge in [0.2, 0.25) is 5.88 Å². The summed E-state index contributed by atoms with van der Waals surface area (Å²) in [6.45, 7) is 0.606. The highest BCUT2D eigenvalue weighted by Gasteiger charge is 2.37. The lowest BCUT2D eigenvalue weighted by Crippen LogP contribution is -2.35. The second-order valence-corrected chi connectivity index (χ2v) is 8.83. The molecule has 2 aromatic carbocycles. The van der Waals surface area contributed by atoms with Crippen molar-refractivity contribution in [2.75, 3.05) is 13.2 Å². The number of nitrogens with zero attached hydrogens (tertiary/aromatic N) is 2. The number of ether oxygens (including phenoxy) is 2. The first kappa shape index (κ1) is 27.9. The Morgan fingerprint density at radius 3 is 2.23 bits per heavy atom. The van der Waals surface area contributed by atoms with Crippen LogP contribution in [-0.4, -0.2) is 34.9 Å². The van der Waals surface area contributed by atoms with Crippen LogP contribution in [0.15, 0.2) is 54.6 Å². The number of benzene rings is 2. The van der Waals surface area contributed by atoms with E-state index in [1.165, 1.54) is 17.9 Å². The minimum absolute atomic E-state index is 0.00417. The Morgan fingerprint density at radius 2 is 1.64 bits per heavy atom. The van der Waals surface area contributed by atoms with Gasteiger partial charge in [0.25, 0.3) is 5.91 Å². The van der Waals surface area contributed by atoms with Crippen LogP contribution in [0.25, 0.3) is 11.1 Å². The van der Waals surface area contributed by atoms with Gasteiger partial charge in [0.05, 0.1) is 23.4 Å². The van der Waals surface area contributed by atoms with Gasteiger partial charge in [0, 0.05) is 25.6 Å². The van der Waals surface area contributed by atoms with Gasteiger partial charge in [0.15, 0.2) is 0 Å². The van der Waals surface area contributed by atoms with E-state index in [-0.39, 0.29) is 54.9 Å². The molecule has 1 aromatic heterocycles. The Hall–Kier alpha value is -4.09. The van der Waals surface area contributed by atoms with E-state index in [0.29, 0.717) is 23.3 Å². The number of hydrogen-bond donors (Lipinski definition) is 0. The number of carbonyl (C=O) groups excluding carboxylic acids is 2. The number of esters is 1. The molecule has 0 radical (unpaired) electrons. The van der Waals surface area contributed by atoms with Gasteiger partial charge in [0.1, 0.15) is 12.2 Å². The van der Waals surface area contributed by atoms with E-state index in [9.17, 15) is 35.9 Å². The zero-order valence-corrected chi connectivity index (χ0v) is 20.5. The first-order chi connectivity index (χ1) is 18.3. The van der Waals surface area contributed by atoms with Gasteiger partial charge in [-0.3, -0.25) is 9.59 Å². The Labute approximate surface area is 219 Å². The minimum atomic E-state index is -5.01. The maximum absolute atomic E-state index is 13.8. The normalized spacial score (nSPS) is 14.2. The number of rotatable bonds is 5. The summed E-state index contributed by atoms with van der Waals surface area (Å²) in [7, 11) is 0. The summed E-state index contributed by atoms with van der Waals surface area (Å²) in [5.74, 6) is -1.30. The predicted molar refractivity (Wildman–Crippen MR) is 126 cm³/mol. The van der Waals surface area contributed by atoms with Crippen molar-refractivity contribution in [3.63, 3.8) is 0 Å². The molecule has 3 aromatic rings. The van der Waals surface area contributed by atoms with E-state index >= 15 is 0 Å². The molecule has 1 aliphatic heterocycles. The van der Waals surface area contributed by atoms with Crippen molar-refractivity contribution in [3.05, 3.63) is 82.5 Å². The number of halogens is 6. The molecule has 39 heavy (non-hydrogen) atoms. The summed E-state index contributed by atoms with van der Waals surface area (Å²) >= 11 is 0. The van der Waals surface area contributed by atoms with Crippen molar-refractivity contribution >= 4 is 11.9 Å². The van der Waals surface area contributed by atoms with Crippen molar-refractivity contribution < 1.29 is 45.4 Å². The summed E-state index contributed by atoms with van der Waals surface area (Å²) in [6.07, 6.45) is -9.79. The van der Waals surface area contributed by atoms with Crippen LogP contribution in [0, 0.1) is 0 Å². The SMILES string of the molecule is CC(=O)OCc1cc(-c2ccccc2)c2c(n1)OCCCN(Cc1cc(C(F)(F)F)cc(C(F)(F)F)c1)C2=O. The summed E-state index contributed by atoms with van der Waals surface area (Å²) in [6, 6.07) is 11.4. The molecule has 0 atom stereocenters. The number of alkyl halides is 6. The second-order valence-electron chi connectivity index (χ2n) is 8.83. The molecule has 1 amide bonds. The molecule has 0 saturated carbocycles. The molecule has 0 spiro atoms. The molecule has 0 unspecified atom stereocenters. The molecule has 6 nitrogen and oxygen atoms in total. The molecule has 0 saturated heterocycles. The lowest BCUT2D eigenvalue weighted by atomic mass is 9.98. The monoisotopic (exact) mass is 552 g/mol.